The van der Waals surface area contributed by atoms with Gasteiger partial charge in [-0.1, -0.05) is 0 Å². The van der Waals surface area contributed by atoms with Gasteiger partial charge in [0, 0.05) is 24.8 Å². The van der Waals surface area contributed by atoms with E-state index in [0.717, 1.165) is 5.56 Å². The molecule has 0 saturated carbocycles. The molecule has 1 atom stereocenters. The molecule has 2 N–H and O–H groups in total. The quantitative estimate of drug-likeness (QED) is 0.782. The molecule has 1 saturated heterocycles. The van der Waals surface area contributed by atoms with Crippen molar-refractivity contribution in [2.75, 3.05) is 37.8 Å². The number of morpholine rings is 1. The van der Waals surface area contributed by atoms with Crippen molar-refractivity contribution in [2.45, 2.75) is 13.0 Å². The second kappa shape index (κ2) is 8.04. The summed E-state index contributed by atoms with van der Waals surface area (Å²) in [5, 5.41) is 9.43. The Morgan fingerprint density at radius 3 is 2.90 bits per heavy atom. The first-order chi connectivity index (χ1) is 10.2. The van der Waals surface area contributed by atoms with Crippen molar-refractivity contribution in [3.05, 3.63) is 18.0 Å². The standard InChI is InChI=1S/C13H20N4O3S/c1-10(11-6-14-15-7-11)16-12(18)8-21-9-13(19)17-2-4-20-5-3-17/h6-7,10H,2-5,8-9H2,1H3,(H,14,15)(H,16,18). The maximum Gasteiger partial charge on any atom is 0.232 e. The Bertz CT molecular complexity index is 460. The summed E-state index contributed by atoms with van der Waals surface area (Å²) in [6.45, 7) is 4.37. The Hall–Kier alpha value is -1.54. The van der Waals surface area contributed by atoms with Crippen LogP contribution in [0.1, 0.15) is 18.5 Å². The average Bonchev–Trinajstić information content (AvgIpc) is 3.02. The van der Waals surface area contributed by atoms with Crippen LogP contribution in [-0.4, -0.2) is 64.7 Å². The SMILES string of the molecule is CC(NC(=O)CSCC(=O)N1CCOCC1)c1cn[nH]c1. The average molecular weight is 312 g/mol. The monoisotopic (exact) mass is 312 g/mol. The molecule has 8 heteroatoms. The largest absolute Gasteiger partial charge is 0.378 e. The number of amides is 2. The van der Waals surface area contributed by atoms with Gasteiger partial charge in [-0.05, 0) is 6.92 Å². The van der Waals surface area contributed by atoms with Gasteiger partial charge < -0.3 is 15.0 Å². The molecule has 7 nitrogen and oxygen atoms in total. The van der Waals surface area contributed by atoms with E-state index in [1.54, 1.807) is 17.3 Å². The third-order valence-electron chi connectivity index (χ3n) is 3.22. The maximum absolute atomic E-state index is 11.9. The Morgan fingerprint density at radius 2 is 2.24 bits per heavy atom. The van der Waals surface area contributed by atoms with E-state index in [-0.39, 0.29) is 23.6 Å². The lowest BCUT2D eigenvalue weighted by molar-refractivity contribution is -0.132. The fourth-order valence-corrected chi connectivity index (χ4v) is 2.73. The minimum absolute atomic E-state index is 0.0685. The van der Waals surface area contributed by atoms with Gasteiger partial charge in [-0.15, -0.1) is 11.8 Å². The molecule has 0 aromatic carbocycles. The van der Waals surface area contributed by atoms with Gasteiger partial charge in [-0.2, -0.15) is 5.10 Å². The van der Waals surface area contributed by atoms with Crippen LogP contribution in [-0.2, 0) is 14.3 Å². The van der Waals surface area contributed by atoms with E-state index < -0.39 is 0 Å². The molecule has 1 unspecified atom stereocenters. The van der Waals surface area contributed by atoms with Crippen LogP contribution in [0.25, 0.3) is 0 Å². The summed E-state index contributed by atoms with van der Waals surface area (Å²) in [5.74, 6) is 0.591. The van der Waals surface area contributed by atoms with Crippen LogP contribution in [0.4, 0.5) is 0 Å². The first-order valence-corrected chi connectivity index (χ1v) is 8.03. The molecular formula is C13H20N4O3S. The highest BCUT2D eigenvalue weighted by atomic mass is 32.2. The van der Waals surface area contributed by atoms with E-state index >= 15 is 0 Å². The summed E-state index contributed by atoms with van der Waals surface area (Å²) in [6.07, 6.45) is 3.43. The van der Waals surface area contributed by atoms with Gasteiger partial charge in [-0.3, -0.25) is 14.7 Å². The van der Waals surface area contributed by atoms with Crippen LogP contribution in [0, 0.1) is 0 Å². The molecule has 2 amide bonds. The third-order valence-corrected chi connectivity index (χ3v) is 4.14. The number of hydrogen-bond acceptors (Lipinski definition) is 5. The van der Waals surface area contributed by atoms with E-state index in [2.05, 4.69) is 15.5 Å². The molecule has 0 radical (unpaired) electrons. The molecule has 1 aromatic rings. The van der Waals surface area contributed by atoms with Gasteiger partial charge >= 0.3 is 0 Å². The number of thioether (sulfide) groups is 1. The minimum Gasteiger partial charge on any atom is -0.378 e. The highest BCUT2D eigenvalue weighted by molar-refractivity contribution is 8.00. The van der Waals surface area contributed by atoms with Crippen molar-refractivity contribution in [1.29, 1.82) is 0 Å². The van der Waals surface area contributed by atoms with Crippen molar-refractivity contribution >= 4 is 23.6 Å². The summed E-state index contributed by atoms with van der Waals surface area (Å²) < 4.78 is 5.20. The summed E-state index contributed by atoms with van der Waals surface area (Å²) in [7, 11) is 0. The van der Waals surface area contributed by atoms with Crippen LogP contribution < -0.4 is 5.32 Å². The second-order valence-electron chi connectivity index (χ2n) is 4.81. The van der Waals surface area contributed by atoms with Crippen LogP contribution in [0.2, 0.25) is 0 Å². The molecule has 2 rings (SSSR count). The molecule has 0 bridgehead atoms. The zero-order chi connectivity index (χ0) is 15.1. The van der Waals surface area contributed by atoms with Crippen molar-refractivity contribution in [3.8, 4) is 0 Å². The normalized spacial score (nSPS) is 16.5. The van der Waals surface area contributed by atoms with Gasteiger partial charge in [0.25, 0.3) is 0 Å². The number of H-pyrrole nitrogens is 1. The number of carbonyl (C=O) groups excluding carboxylic acids is 2. The zero-order valence-electron chi connectivity index (χ0n) is 12.0. The first-order valence-electron chi connectivity index (χ1n) is 6.88. The van der Waals surface area contributed by atoms with E-state index in [0.29, 0.717) is 32.1 Å². The van der Waals surface area contributed by atoms with Crippen molar-refractivity contribution < 1.29 is 14.3 Å². The molecule has 0 spiro atoms. The Kier molecular flexibility index (Phi) is 6.06. The van der Waals surface area contributed by atoms with E-state index in [4.69, 9.17) is 4.74 Å². The van der Waals surface area contributed by atoms with Gasteiger partial charge in [-0.25, -0.2) is 0 Å². The Labute approximate surface area is 127 Å². The maximum atomic E-state index is 11.9. The topological polar surface area (TPSA) is 87.3 Å². The predicted octanol–water partition coefficient (Wildman–Crippen LogP) is 0.179. The number of nitrogens with one attached hydrogen (secondary N) is 2. The van der Waals surface area contributed by atoms with Gasteiger partial charge in [0.2, 0.25) is 11.8 Å². The minimum atomic E-state index is -0.0909. The number of aromatic nitrogens is 2. The summed E-state index contributed by atoms with van der Waals surface area (Å²) in [5.41, 5.74) is 0.928. The number of aromatic amines is 1. The lowest BCUT2D eigenvalue weighted by Crippen LogP contribution is -2.41. The Morgan fingerprint density at radius 1 is 1.48 bits per heavy atom. The van der Waals surface area contributed by atoms with Gasteiger partial charge in [0.05, 0.1) is 37.0 Å². The number of nitrogens with zero attached hydrogens (tertiary/aromatic N) is 2. The molecule has 0 aliphatic carbocycles. The van der Waals surface area contributed by atoms with Gasteiger partial charge in [0.1, 0.15) is 0 Å². The highest BCUT2D eigenvalue weighted by Crippen LogP contribution is 2.10. The Balaban J connectivity index is 1.63. The lowest BCUT2D eigenvalue weighted by Gasteiger charge is -2.26. The van der Waals surface area contributed by atoms with Crippen LogP contribution in [0.5, 0.6) is 0 Å². The van der Waals surface area contributed by atoms with Gasteiger partial charge in [0.15, 0.2) is 0 Å². The number of rotatable bonds is 6. The van der Waals surface area contributed by atoms with Crippen molar-refractivity contribution in [1.82, 2.24) is 20.4 Å². The van der Waals surface area contributed by atoms with Crippen LogP contribution in [0.15, 0.2) is 12.4 Å². The molecule has 2 heterocycles. The van der Waals surface area contributed by atoms with E-state index in [1.807, 2.05) is 6.92 Å². The molecule has 1 aliphatic heterocycles. The smallest absolute Gasteiger partial charge is 0.232 e. The number of carbonyl (C=O) groups is 2. The number of ether oxygens (including phenoxy) is 1. The lowest BCUT2D eigenvalue weighted by atomic mass is 10.2. The zero-order valence-corrected chi connectivity index (χ0v) is 12.8. The summed E-state index contributed by atoms with van der Waals surface area (Å²) >= 11 is 1.33. The number of hydrogen-bond donors (Lipinski definition) is 2. The van der Waals surface area contributed by atoms with Crippen molar-refractivity contribution in [2.24, 2.45) is 0 Å². The second-order valence-corrected chi connectivity index (χ2v) is 5.79. The molecule has 21 heavy (non-hydrogen) atoms. The fraction of sp³-hybridized carbons (Fsp3) is 0.615. The van der Waals surface area contributed by atoms with E-state index in [9.17, 15) is 9.59 Å². The third kappa shape index (κ3) is 5.05. The summed E-state index contributed by atoms with van der Waals surface area (Å²) in [6, 6.07) is -0.0909. The van der Waals surface area contributed by atoms with E-state index in [1.165, 1.54) is 11.8 Å². The molecule has 1 fully saturated rings. The van der Waals surface area contributed by atoms with Crippen LogP contribution >= 0.6 is 11.8 Å². The molecule has 116 valence electrons. The first kappa shape index (κ1) is 15.8. The fourth-order valence-electron chi connectivity index (χ4n) is 2.00. The highest BCUT2D eigenvalue weighted by Gasteiger charge is 2.17. The van der Waals surface area contributed by atoms with Crippen molar-refractivity contribution in [3.63, 3.8) is 0 Å². The summed E-state index contributed by atoms with van der Waals surface area (Å²) in [4.78, 5) is 25.5. The molecular weight excluding hydrogens is 292 g/mol. The van der Waals surface area contributed by atoms with Crippen LogP contribution in [0.3, 0.4) is 0 Å². The predicted molar refractivity (Wildman–Crippen MR) is 79.9 cm³/mol. The molecule has 1 aromatic heterocycles. The molecule has 1 aliphatic rings.